The van der Waals surface area contributed by atoms with Gasteiger partial charge in [0.2, 0.25) is 0 Å². The monoisotopic (exact) mass is 314 g/mol. The third-order valence-electron chi connectivity index (χ3n) is 5.48. The first-order valence-electron chi connectivity index (χ1n) is 8.62. The Morgan fingerprint density at radius 3 is 2.87 bits per heavy atom. The fourth-order valence-electron chi connectivity index (χ4n) is 3.98. The van der Waals surface area contributed by atoms with Crippen molar-refractivity contribution in [2.24, 2.45) is 5.41 Å². The van der Waals surface area contributed by atoms with Gasteiger partial charge in [0, 0.05) is 32.3 Å². The molecule has 1 N–H and O–H groups in total. The Bertz CT molecular complexity index is 575. The van der Waals surface area contributed by atoms with Crippen molar-refractivity contribution in [3.05, 3.63) is 35.4 Å². The summed E-state index contributed by atoms with van der Waals surface area (Å²) in [5, 5.41) is 20.1. The highest BCUT2D eigenvalue weighted by molar-refractivity contribution is 5.32. The minimum atomic E-state index is -0.458. The second-order valence-electron chi connectivity index (χ2n) is 6.98. The first-order valence-corrected chi connectivity index (χ1v) is 8.62. The zero-order valence-electron chi connectivity index (χ0n) is 13.9. The van der Waals surface area contributed by atoms with Crippen molar-refractivity contribution >= 4 is 0 Å². The summed E-state index contributed by atoms with van der Waals surface area (Å²) >= 11 is 0. The van der Waals surface area contributed by atoms with E-state index in [2.05, 4.69) is 42.2 Å². The molecule has 4 heteroatoms. The van der Waals surface area contributed by atoms with Crippen LogP contribution in [-0.4, -0.2) is 42.4 Å². The number of nitrogens with zero attached hydrogens (tertiary/aromatic N) is 2. The van der Waals surface area contributed by atoms with Gasteiger partial charge in [0.1, 0.15) is 0 Å². The molecule has 2 aliphatic rings. The van der Waals surface area contributed by atoms with E-state index in [0.29, 0.717) is 32.2 Å². The summed E-state index contributed by atoms with van der Waals surface area (Å²) in [6, 6.07) is 11.3. The van der Waals surface area contributed by atoms with Crippen LogP contribution >= 0.6 is 0 Å². The Labute approximate surface area is 138 Å². The maximum atomic E-state index is 10.6. The average Bonchev–Trinajstić information content (AvgIpc) is 2.58. The molecule has 0 spiro atoms. The quantitative estimate of drug-likeness (QED) is 0.928. The van der Waals surface area contributed by atoms with Crippen molar-refractivity contribution in [1.82, 2.24) is 4.90 Å². The van der Waals surface area contributed by atoms with Crippen molar-refractivity contribution in [3.8, 4) is 6.07 Å². The zero-order chi connectivity index (χ0) is 16.3. The summed E-state index contributed by atoms with van der Waals surface area (Å²) in [5.41, 5.74) is 2.38. The van der Waals surface area contributed by atoms with Crippen LogP contribution in [0.3, 0.4) is 0 Å². The van der Waals surface area contributed by atoms with E-state index < -0.39 is 11.5 Å². The van der Waals surface area contributed by atoms with Gasteiger partial charge in [0.05, 0.1) is 17.6 Å². The third kappa shape index (κ3) is 3.58. The Balaban J connectivity index is 1.62. The van der Waals surface area contributed by atoms with E-state index in [9.17, 15) is 10.4 Å². The summed E-state index contributed by atoms with van der Waals surface area (Å²) in [5.74, 6) is 0. The number of hydrogen-bond acceptors (Lipinski definition) is 4. The molecule has 2 aliphatic heterocycles. The molecule has 0 bridgehead atoms. The van der Waals surface area contributed by atoms with Crippen molar-refractivity contribution < 1.29 is 9.84 Å². The number of β-amino-alcohol motifs (C(OH)–C–C–N with tert-alkyl or cyclic N) is 1. The smallest absolute Gasteiger partial charge is 0.0692 e. The van der Waals surface area contributed by atoms with Crippen LogP contribution in [0.1, 0.15) is 43.4 Å². The molecule has 2 atom stereocenters. The predicted octanol–water partition coefficient (Wildman–Crippen LogP) is 2.68. The molecule has 3 rings (SSSR count). The molecular formula is C19H26N2O2. The van der Waals surface area contributed by atoms with E-state index in [1.165, 1.54) is 11.1 Å². The second kappa shape index (κ2) is 7.00. The van der Waals surface area contributed by atoms with Crippen LogP contribution in [0.2, 0.25) is 0 Å². The Kier molecular flexibility index (Phi) is 5.01. The van der Waals surface area contributed by atoms with E-state index in [1.807, 2.05) is 0 Å². The summed E-state index contributed by atoms with van der Waals surface area (Å²) < 4.78 is 5.37. The average molecular weight is 314 g/mol. The number of rotatable bonds is 4. The molecule has 0 saturated carbocycles. The molecule has 0 amide bonds. The van der Waals surface area contributed by atoms with Gasteiger partial charge in [-0.25, -0.2) is 0 Å². The Hall–Kier alpha value is -1.41. The molecule has 124 valence electrons. The van der Waals surface area contributed by atoms with E-state index >= 15 is 0 Å². The van der Waals surface area contributed by atoms with Gasteiger partial charge in [-0.05, 0) is 43.7 Å². The van der Waals surface area contributed by atoms with Gasteiger partial charge in [-0.3, -0.25) is 4.90 Å². The lowest BCUT2D eigenvalue weighted by atomic mass is 9.77. The standard InChI is InChI=1S/C19H26N2O2/c1-15-18-5-3-2-4-16(18)6-9-21(15)13-17(22)12-19(14-20)7-10-23-11-8-19/h2-5,15,17,22H,6-13H2,1H3. The van der Waals surface area contributed by atoms with Crippen LogP contribution in [0.5, 0.6) is 0 Å². The number of fused-ring (bicyclic) bond motifs is 1. The molecule has 0 aliphatic carbocycles. The SMILES string of the molecule is CC1c2ccccc2CCN1CC(O)CC1(C#N)CCOCC1. The molecule has 2 unspecified atom stereocenters. The molecule has 23 heavy (non-hydrogen) atoms. The fourth-order valence-corrected chi connectivity index (χ4v) is 3.98. The lowest BCUT2D eigenvalue weighted by Crippen LogP contribution is -2.41. The van der Waals surface area contributed by atoms with E-state index in [4.69, 9.17) is 4.74 Å². The van der Waals surface area contributed by atoms with Crippen molar-refractivity contribution in [3.63, 3.8) is 0 Å². The van der Waals surface area contributed by atoms with Gasteiger partial charge in [0.25, 0.3) is 0 Å². The van der Waals surface area contributed by atoms with Crippen LogP contribution in [-0.2, 0) is 11.2 Å². The van der Waals surface area contributed by atoms with Crippen LogP contribution in [0.25, 0.3) is 0 Å². The molecule has 1 saturated heterocycles. The van der Waals surface area contributed by atoms with E-state index in [-0.39, 0.29) is 0 Å². The highest BCUT2D eigenvalue weighted by atomic mass is 16.5. The Morgan fingerprint density at radius 1 is 1.39 bits per heavy atom. The topological polar surface area (TPSA) is 56.5 Å². The minimum absolute atomic E-state index is 0.322. The maximum absolute atomic E-state index is 10.6. The molecular weight excluding hydrogens is 288 g/mol. The number of benzene rings is 1. The van der Waals surface area contributed by atoms with Gasteiger partial charge in [-0.2, -0.15) is 5.26 Å². The number of ether oxygens (including phenoxy) is 1. The summed E-state index contributed by atoms with van der Waals surface area (Å²) in [6.45, 7) is 5.08. The van der Waals surface area contributed by atoms with Gasteiger partial charge in [-0.15, -0.1) is 0 Å². The van der Waals surface area contributed by atoms with Crippen LogP contribution in [0.15, 0.2) is 24.3 Å². The summed E-state index contributed by atoms with van der Waals surface area (Å²) in [6.07, 6.45) is 2.60. The molecule has 1 fully saturated rings. The molecule has 4 nitrogen and oxygen atoms in total. The minimum Gasteiger partial charge on any atom is -0.392 e. The Morgan fingerprint density at radius 2 is 2.13 bits per heavy atom. The molecule has 0 aromatic heterocycles. The van der Waals surface area contributed by atoms with Crippen molar-refractivity contribution in [2.75, 3.05) is 26.3 Å². The maximum Gasteiger partial charge on any atom is 0.0692 e. The molecule has 1 aromatic carbocycles. The summed E-state index contributed by atoms with van der Waals surface area (Å²) in [4.78, 5) is 2.34. The number of aliphatic hydroxyl groups excluding tert-OH is 1. The van der Waals surface area contributed by atoms with Gasteiger partial charge < -0.3 is 9.84 Å². The van der Waals surface area contributed by atoms with Crippen LogP contribution < -0.4 is 0 Å². The van der Waals surface area contributed by atoms with Crippen LogP contribution in [0, 0.1) is 16.7 Å². The lowest BCUT2D eigenvalue weighted by Gasteiger charge is -2.38. The predicted molar refractivity (Wildman–Crippen MR) is 88.9 cm³/mol. The van der Waals surface area contributed by atoms with Crippen LogP contribution in [0.4, 0.5) is 0 Å². The summed E-state index contributed by atoms with van der Waals surface area (Å²) in [7, 11) is 0. The zero-order valence-corrected chi connectivity index (χ0v) is 13.9. The first kappa shape index (κ1) is 16.4. The second-order valence-corrected chi connectivity index (χ2v) is 6.98. The van der Waals surface area contributed by atoms with Crippen molar-refractivity contribution in [2.45, 2.75) is 44.8 Å². The lowest BCUT2D eigenvalue weighted by molar-refractivity contribution is 0.00202. The number of nitriles is 1. The number of hydrogen-bond donors (Lipinski definition) is 1. The van der Waals surface area contributed by atoms with Gasteiger partial charge >= 0.3 is 0 Å². The highest BCUT2D eigenvalue weighted by Crippen LogP contribution is 2.36. The molecule has 2 heterocycles. The van der Waals surface area contributed by atoms with E-state index in [1.54, 1.807) is 0 Å². The number of aliphatic hydroxyl groups is 1. The third-order valence-corrected chi connectivity index (χ3v) is 5.48. The fraction of sp³-hybridized carbons (Fsp3) is 0.632. The highest BCUT2D eigenvalue weighted by Gasteiger charge is 2.36. The molecule has 0 radical (unpaired) electrons. The molecule has 1 aromatic rings. The normalized spacial score (nSPS) is 25.3. The van der Waals surface area contributed by atoms with Crippen molar-refractivity contribution in [1.29, 1.82) is 5.26 Å². The first-order chi connectivity index (χ1) is 11.1. The van der Waals surface area contributed by atoms with Gasteiger partial charge in [-0.1, -0.05) is 24.3 Å². The largest absolute Gasteiger partial charge is 0.392 e. The van der Waals surface area contributed by atoms with Gasteiger partial charge in [0.15, 0.2) is 0 Å². The van der Waals surface area contributed by atoms with E-state index in [0.717, 1.165) is 25.8 Å².